The Bertz CT molecular complexity index is 1290. The van der Waals surface area contributed by atoms with Crippen molar-refractivity contribution in [2.45, 2.75) is 17.9 Å². The smallest absolute Gasteiger partial charge is 0.310 e. The molecule has 2 aromatic carbocycles. The molecule has 4 rings (SSSR count). The van der Waals surface area contributed by atoms with Crippen LogP contribution in [0.1, 0.15) is 13.0 Å². The minimum Gasteiger partial charge on any atom is -0.438 e. The predicted molar refractivity (Wildman–Crippen MR) is 113 cm³/mol. The Kier molecular flexibility index (Phi) is 4.76. The normalized spacial score (nSPS) is 15.2. The first-order valence-corrected chi connectivity index (χ1v) is 11.4. The lowest BCUT2D eigenvalue weighted by Gasteiger charge is -2.40. The summed E-state index contributed by atoms with van der Waals surface area (Å²) in [6, 6.07) is 10.8. The topological polar surface area (TPSA) is 60.2 Å². The third-order valence-corrected chi connectivity index (χ3v) is 6.04. The fourth-order valence-corrected chi connectivity index (χ4v) is 3.85. The van der Waals surface area contributed by atoms with Gasteiger partial charge in [0.05, 0.1) is 30.0 Å². The number of aliphatic hydroxyl groups is 1. The van der Waals surface area contributed by atoms with Gasteiger partial charge in [-0.15, -0.1) is 0 Å². The summed E-state index contributed by atoms with van der Waals surface area (Å²) in [5.74, 6) is 0.0174. The lowest BCUT2D eigenvalue weighted by molar-refractivity contribution is 0.241. The molecular formula is C21H18F5N3O2S. The number of fused-ring (bicyclic) bond motifs is 1. The number of nitrogens with zero attached hydrogens (tertiary/aromatic N) is 3. The van der Waals surface area contributed by atoms with Crippen LogP contribution in [0.25, 0.3) is 22.2 Å². The Morgan fingerprint density at radius 2 is 1.72 bits per heavy atom. The van der Waals surface area contributed by atoms with Gasteiger partial charge in [-0.25, -0.2) is 9.97 Å². The molecule has 170 valence electrons. The van der Waals surface area contributed by atoms with Crippen LogP contribution in [0.4, 0.5) is 19.4 Å². The molecule has 1 unspecified atom stereocenters. The number of aliphatic hydroxyl groups excluding tert-OH is 1. The fourth-order valence-electron chi connectivity index (χ4n) is 3.20. The van der Waals surface area contributed by atoms with Crippen LogP contribution < -0.4 is 4.74 Å². The SMILES string of the molecule is CC(CO)n1cnc2ccc(-c3cccnc3Oc3ccc(S(F)(F)(F)(F)F)cc3)cc21. The molecule has 11 heteroatoms. The lowest BCUT2D eigenvalue weighted by Crippen LogP contribution is -2.07. The number of hydrogen-bond acceptors (Lipinski definition) is 4. The van der Waals surface area contributed by atoms with Crippen molar-refractivity contribution in [2.24, 2.45) is 0 Å². The van der Waals surface area contributed by atoms with E-state index in [9.17, 15) is 24.5 Å². The highest BCUT2D eigenvalue weighted by molar-refractivity contribution is 8.45. The molecular weight excluding hydrogens is 453 g/mol. The van der Waals surface area contributed by atoms with Crippen LogP contribution in [0.5, 0.6) is 11.6 Å². The molecule has 0 aliphatic rings. The summed E-state index contributed by atoms with van der Waals surface area (Å²) >= 11 is 0. The van der Waals surface area contributed by atoms with Crippen molar-refractivity contribution in [3.63, 3.8) is 0 Å². The molecule has 0 bridgehead atoms. The van der Waals surface area contributed by atoms with Crippen LogP contribution in [0, 0.1) is 0 Å². The summed E-state index contributed by atoms with van der Waals surface area (Å²) in [4.78, 5) is 6.46. The first-order chi connectivity index (χ1) is 14.9. The summed E-state index contributed by atoms with van der Waals surface area (Å²) in [5.41, 5.74) is 2.71. The van der Waals surface area contributed by atoms with Gasteiger partial charge in [0, 0.05) is 11.8 Å². The molecule has 1 atom stereocenters. The molecule has 0 radical (unpaired) electrons. The van der Waals surface area contributed by atoms with Crippen molar-refractivity contribution in [2.75, 3.05) is 6.61 Å². The van der Waals surface area contributed by atoms with E-state index in [1.165, 1.54) is 6.20 Å². The number of rotatable bonds is 6. The maximum absolute atomic E-state index is 12.9. The summed E-state index contributed by atoms with van der Waals surface area (Å²) in [7, 11) is -9.76. The van der Waals surface area contributed by atoms with Crippen molar-refractivity contribution in [1.82, 2.24) is 14.5 Å². The standard InChI is InChI=1S/C21H18F5N3O2S/c1-14(12-30)29-13-28-19-9-4-15(11-20(19)29)18-3-2-10-27-21(18)31-16-5-7-17(8-6-16)32(22,23,24,25)26/h2-11,13-14,30H,12H2,1H3. The quantitative estimate of drug-likeness (QED) is 0.305. The Labute approximate surface area is 179 Å². The molecule has 0 aliphatic carbocycles. The van der Waals surface area contributed by atoms with Crippen molar-refractivity contribution >= 4 is 21.3 Å². The van der Waals surface area contributed by atoms with Crippen LogP contribution in [0.3, 0.4) is 0 Å². The zero-order valence-electron chi connectivity index (χ0n) is 16.6. The van der Waals surface area contributed by atoms with Gasteiger partial charge in [0.25, 0.3) is 0 Å². The molecule has 2 heterocycles. The molecule has 0 fully saturated rings. The third kappa shape index (κ3) is 4.39. The Balaban J connectivity index is 1.70. The van der Waals surface area contributed by atoms with Crippen molar-refractivity contribution in [3.8, 4) is 22.8 Å². The largest absolute Gasteiger partial charge is 0.438 e. The molecule has 4 aromatic rings. The van der Waals surface area contributed by atoms with Crippen LogP contribution >= 0.6 is 10.2 Å². The summed E-state index contributed by atoms with van der Waals surface area (Å²) in [6.07, 6.45) is 3.06. The average Bonchev–Trinajstić information content (AvgIpc) is 3.15. The molecule has 2 aromatic heterocycles. The van der Waals surface area contributed by atoms with Crippen LogP contribution in [0.15, 0.2) is 72.0 Å². The lowest BCUT2D eigenvalue weighted by atomic mass is 10.1. The Hall–Kier alpha value is -3.18. The number of benzene rings is 2. The molecule has 0 saturated carbocycles. The second-order valence-electron chi connectivity index (χ2n) is 7.29. The van der Waals surface area contributed by atoms with Gasteiger partial charge in [-0.1, -0.05) is 25.5 Å². The second-order valence-corrected chi connectivity index (χ2v) is 9.69. The zero-order valence-corrected chi connectivity index (χ0v) is 17.4. The molecule has 32 heavy (non-hydrogen) atoms. The van der Waals surface area contributed by atoms with Gasteiger partial charge in [-0.2, -0.15) is 0 Å². The van der Waals surface area contributed by atoms with Gasteiger partial charge in [0.15, 0.2) is 0 Å². The first-order valence-electron chi connectivity index (χ1n) is 9.40. The molecule has 0 amide bonds. The predicted octanol–water partition coefficient (Wildman–Crippen LogP) is 7.10. The highest BCUT2D eigenvalue weighted by Gasteiger charge is 2.65. The Morgan fingerprint density at radius 1 is 1.00 bits per heavy atom. The molecule has 0 aliphatic heterocycles. The van der Waals surface area contributed by atoms with E-state index in [4.69, 9.17) is 4.74 Å². The van der Waals surface area contributed by atoms with Gasteiger partial charge >= 0.3 is 10.2 Å². The van der Waals surface area contributed by atoms with Gasteiger partial charge in [-0.3, -0.25) is 0 Å². The zero-order chi connectivity index (χ0) is 23.2. The van der Waals surface area contributed by atoms with Crippen molar-refractivity contribution in [3.05, 3.63) is 67.1 Å². The van der Waals surface area contributed by atoms with Gasteiger partial charge in [0.1, 0.15) is 10.6 Å². The van der Waals surface area contributed by atoms with Crippen LogP contribution in [-0.4, -0.2) is 26.2 Å². The number of aromatic nitrogens is 3. The number of imidazole rings is 1. The monoisotopic (exact) mass is 471 g/mol. The summed E-state index contributed by atoms with van der Waals surface area (Å²) in [5, 5.41) is 9.47. The highest BCUT2D eigenvalue weighted by atomic mass is 32.5. The maximum atomic E-state index is 12.9. The van der Waals surface area contributed by atoms with E-state index in [-0.39, 0.29) is 24.3 Å². The van der Waals surface area contributed by atoms with Crippen molar-refractivity contribution in [1.29, 1.82) is 0 Å². The van der Waals surface area contributed by atoms with Crippen LogP contribution in [0.2, 0.25) is 0 Å². The van der Waals surface area contributed by atoms with E-state index in [1.807, 2.05) is 17.6 Å². The number of ether oxygens (including phenoxy) is 1. The minimum atomic E-state index is -9.76. The van der Waals surface area contributed by atoms with Gasteiger partial charge < -0.3 is 14.4 Å². The van der Waals surface area contributed by atoms with E-state index in [0.29, 0.717) is 28.8 Å². The molecule has 5 nitrogen and oxygen atoms in total. The molecule has 1 N–H and O–H groups in total. The minimum absolute atomic E-state index is 0.0735. The van der Waals surface area contributed by atoms with E-state index >= 15 is 0 Å². The fraction of sp³-hybridized carbons (Fsp3) is 0.143. The van der Waals surface area contributed by atoms with Gasteiger partial charge in [0.2, 0.25) is 5.88 Å². The molecule has 0 saturated heterocycles. The van der Waals surface area contributed by atoms with E-state index in [1.54, 1.807) is 30.6 Å². The van der Waals surface area contributed by atoms with E-state index in [2.05, 4.69) is 9.97 Å². The van der Waals surface area contributed by atoms with Gasteiger partial charge in [-0.05, 0) is 61.0 Å². The average molecular weight is 471 g/mol. The molecule has 0 spiro atoms. The summed E-state index contributed by atoms with van der Waals surface area (Å²) in [6.45, 7) is 1.76. The van der Waals surface area contributed by atoms with Crippen LogP contribution in [-0.2, 0) is 0 Å². The summed E-state index contributed by atoms with van der Waals surface area (Å²) < 4.78 is 72.1. The number of halogens is 5. The highest BCUT2D eigenvalue weighted by Crippen LogP contribution is 3.02. The number of pyridine rings is 1. The van der Waals surface area contributed by atoms with Crippen molar-refractivity contribution < 1.29 is 29.3 Å². The van der Waals surface area contributed by atoms with E-state index in [0.717, 1.165) is 17.6 Å². The second kappa shape index (κ2) is 6.91. The third-order valence-electron chi connectivity index (χ3n) is 4.88. The van der Waals surface area contributed by atoms with E-state index < -0.39 is 15.1 Å². The Morgan fingerprint density at radius 3 is 2.38 bits per heavy atom. The maximum Gasteiger partial charge on any atom is 0.310 e. The number of hydrogen-bond donors (Lipinski definition) is 1. The first kappa shape index (κ1) is 22.0.